The highest BCUT2D eigenvalue weighted by Crippen LogP contribution is 2.46. The van der Waals surface area contributed by atoms with Gasteiger partial charge in [0.2, 0.25) is 0 Å². The Balaban J connectivity index is 2.10. The van der Waals surface area contributed by atoms with Crippen LogP contribution >= 0.6 is 0 Å². The van der Waals surface area contributed by atoms with Gasteiger partial charge in [0, 0.05) is 6.61 Å². The largest absolute Gasteiger partial charge is 0.461 e. The molecule has 0 radical (unpaired) electrons. The van der Waals surface area contributed by atoms with Crippen molar-refractivity contribution < 1.29 is 14.4 Å². The highest BCUT2D eigenvalue weighted by molar-refractivity contribution is 6.47. The SMILES string of the molecule is CC1CC[C@@H](C(C)CO)C[C@@H](B2OC(C)(C)C(C)(C)O2)C1. The molecule has 2 fully saturated rings. The molecule has 0 aromatic carbocycles. The molecule has 2 rings (SSSR count). The van der Waals surface area contributed by atoms with Gasteiger partial charge in [-0.1, -0.05) is 20.3 Å². The van der Waals surface area contributed by atoms with Crippen LogP contribution in [0.4, 0.5) is 0 Å². The number of hydrogen-bond donors (Lipinski definition) is 1. The first kappa shape index (κ1) is 17.3. The van der Waals surface area contributed by atoms with E-state index in [1.54, 1.807) is 0 Å². The Kier molecular flexibility index (Phi) is 5.12. The molecule has 0 amide bonds. The van der Waals surface area contributed by atoms with Crippen LogP contribution in [0.15, 0.2) is 0 Å². The molecular weight excluding hydrogens is 263 g/mol. The van der Waals surface area contributed by atoms with E-state index in [2.05, 4.69) is 41.5 Å². The van der Waals surface area contributed by atoms with Crippen molar-refractivity contribution in [2.75, 3.05) is 6.61 Å². The molecule has 122 valence electrons. The fraction of sp³-hybridized carbons (Fsp3) is 1.00. The van der Waals surface area contributed by atoms with Crippen LogP contribution in [-0.4, -0.2) is 30.0 Å². The standard InChI is InChI=1S/C17H33BO3/c1-12-7-8-14(13(2)11-19)10-15(9-12)18-20-16(3,4)17(5,6)21-18/h12-15,19H,7-11H2,1-6H3/t12?,13?,14-,15+/m1/s1. The molecule has 1 saturated carbocycles. The van der Waals surface area contributed by atoms with Gasteiger partial charge < -0.3 is 14.4 Å². The third-order valence-corrected chi connectivity index (χ3v) is 6.09. The minimum absolute atomic E-state index is 0.0936. The highest BCUT2D eigenvalue weighted by atomic mass is 16.7. The summed E-state index contributed by atoms with van der Waals surface area (Å²) >= 11 is 0. The molecule has 2 unspecified atom stereocenters. The summed E-state index contributed by atoms with van der Waals surface area (Å²) in [4.78, 5) is 0. The first-order valence-electron chi connectivity index (χ1n) is 8.62. The summed E-state index contributed by atoms with van der Waals surface area (Å²) in [5.74, 6) is 2.12. The summed E-state index contributed by atoms with van der Waals surface area (Å²) in [7, 11) is -0.0936. The van der Waals surface area contributed by atoms with Gasteiger partial charge in [-0.3, -0.25) is 0 Å². The van der Waals surface area contributed by atoms with E-state index in [9.17, 15) is 5.11 Å². The lowest BCUT2D eigenvalue weighted by molar-refractivity contribution is 0.00578. The monoisotopic (exact) mass is 296 g/mol. The molecule has 21 heavy (non-hydrogen) atoms. The molecule has 0 bridgehead atoms. The molecule has 2 aliphatic rings. The van der Waals surface area contributed by atoms with Gasteiger partial charge >= 0.3 is 7.12 Å². The summed E-state index contributed by atoms with van der Waals surface area (Å²) in [6, 6.07) is 0. The molecule has 1 saturated heterocycles. The average Bonchev–Trinajstić information content (AvgIpc) is 2.54. The van der Waals surface area contributed by atoms with E-state index >= 15 is 0 Å². The summed E-state index contributed by atoms with van der Waals surface area (Å²) in [6.07, 6.45) is 4.76. The lowest BCUT2D eigenvalue weighted by Gasteiger charge is -2.32. The maximum absolute atomic E-state index is 9.50. The molecule has 0 aromatic heterocycles. The minimum atomic E-state index is -0.245. The molecule has 4 heteroatoms. The quantitative estimate of drug-likeness (QED) is 0.634. The summed E-state index contributed by atoms with van der Waals surface area (Å²) in [6.45, 7) is 13.3. The fourth-order valence-electron chi connectivity index (χ4n) is 3.71. The van der Waals surface area contributed by atoms with Gasteiger partial charge in [-0.05, 0) is 70.5 Å². The number of hydrogen-bond acceptors (Lipinski definition) is 3. The highest BCUT2D eigenvalue weighted by Gasteiger charge is 2.54. The smallest absolute Gasteiger partial charge is 0.403 e. The van der Waals surface area contributed by atoms with Crippen molar-refractivity contribution in [3.05, 3.63) is 0 Å². The molecule has 0 spiro atoms. The van der Waals surface area contributed by atoms with Crippen LogP contribution in [0, 0.1) is 17.8 Å². The Morgan fingerprint density at radius 2 is 1.67 bits per heavy atom. The fourth-order valence-corrected chi connectivity index (χ4v) is 3.71. The summed E-state index contributed by atoms with van der Waals surface area (Å²) < 4.78 is 12.6. The maximum Gasteiger partial charge on any atom is 0.461 e. The van der Waals surface area contributed by atoms with Crippen LogP contribution in [0.1, 0.15) is 67.2 Å². The second-order valence-electron chi connectivity index (χ2n) is 8.46. The average molecular weight is 296 g/mol. The molecule has 1 aliphatic heterocycles. The van der Waals surface area contributed by atoms with E-state index in [1.165, 1.54) is 19.3 Å². The zero-order valence-electron chi connectivity index (χ0n) is 14.7. The Morgan fingerprint density at radius 3 is 2.19 bits per heavy atom. The first-order chi connectivity index (χ1) is 9.66. The first-order valence-corrected chi connectivity index (χ1v) is 8.62. The topological polar surface area (TPSA) is 38.7 Å². The summed E-state index contributed by atoms with van der Waals surface area (Å²) in [5, 5.41) is 9.50. The second-order valence-corrected chi connectivity index (χ2v) is 8.46. The van der Waals surface area contributed by atoms with E-state index in [-0.39, 0.29) is 24.9 Å². The van der Waals surface area contributed by atoms with Crippen LogP contribution in [0.25, 0.3) is 0 Å². The lowest BCUT2D eigenvalue weighted by atomic mass is 9.64. The van der Waals surface area contributed by atoms with Crippen molar-refractivity contribution in [3.63, 3.8) is 0 Å². The Bertz CT molecular complexity index is 340. The van der Waals surface area contributed by atoms with E-state index in [0.29, 0.717) is 23.6 Å². The predicted molar refractivity (Wildman–Crippen MR) is 87.2 cm³/mol. The number of aliphatic hydroxyl groups is 1. The predicted octanol–water partition coefficient (Wildman–Crippen LogP) is 3.90. The normalized spacial score (nSPS) is 37.3. The Labute approximate surface area is 130 Å². The van der Waals surface area contributed by atoms with Gasteiger partial charge in [-0.25, -0.2) is 0 Å². The van der Waals surface area contributed by atoms with Gasteiger partial charge in [0.1, 0.15) is 0 Å². The van der Waals surface area contributed by atoms with Crippen molar-refractivity contribution >= 4 is 7.12 Å². The number of rotatable bonds is 3. The Morgan fingerprint density at radius 1 is 1.10 bits per heavy atom. The van der Waals surface area contributed by atoms with Gasteiger partial charge in [0.05, 0.1) is 11.2 Å². The zero-order valence-corrected chi connectivity index (χ0v) is 14.7. The van der Waals surface area contributed by atoms with Crippen molar-refractivity contribution in [2.45, 2.75) is 84.2 Å². The van der Waals surface area contributed by atoms with Crippen LogP contribution in [0.3, 0.4) is 0 Å². The second kappa shape index (κ2) is 6.21. The van der Waals surface area contributed by atoms with Gasteiger partial charge in [-0.2, -0.15) is 0 Å². The van der Waals surface area contributed by atoms with E-state index in [0.717, 1.165) is 6.42 Å². The van der Waals surface area contributed by atoms with Crippen LogP contribution in [-0.2, 0) is 9.31 Å². The lowest BCUT2D eigenvalue weighted by Crippen LogP contribution is -2.41. The van der Waals surface area contributed by atoms with E-state index < -0.39 is 0 Å². The molecule has 3 nitrogen and oxygen atoms in total. The van der Waals surface area contributed by atoms with E-state index in [1.807, 2.05) is 0 Å². The molecular formula is C17H33BO3. The summed E-state index contributed by atoms with van der Waals surface area (Å²) in [5.41, 5.74) is -0.489. The van der Waals surface area contributed by atoms with Crippen LogP contribution in [0.2, 0.25) is 5.82 Å². The van der Waals surface area contributed by atoms with Crippen molar-refractivity contribution in [2.24, 2.45) is 17.8 Å². The van der Waals surface area contributed by atoms with Crippen molar-refractivity contribution in [3.8, 4) is 0 Å². The molecule has 1 N–H and O–H groups in total. The van der Waals surface area contributed by atoms with Crippen molar-refractivity contribution in [1.82, 2.24) is 0 Å². The van der Waals surface area contributed by atoms with Crippen LogP contribution in [0.5, 0.6) is 0 Å². The third-order valence-electron chi connectivity index (χ3n) is 6.09. The molecule has 4 atom stereocenters. The number of aliphatic hydroxyl groups excluding tert-OH is 1. The Hall–Kier alpha value is -0.0551. The molecule has 1 heterocycles. The maximum atomic E-state index is 9.50. The molecule has 1 aliphatic carbocycles. The third kappa shape index (κ3) is 3.65. The van der Waals surface area contributed by atoms with Gasteiger partial charge in [-0.15, -0.1) is 0 Å². The van der Waals surface area contributed by atoms with Crippen LogP contribution < -0.4 is 0 Å². The van der Waals surface area contributed by atoms with Gasteiger partial charge in [0.25, 0.3) is 0 Å². The molecule has 0 aromatic rings. The van der Waals surface area contributed by atoms with E-state index in [4.69, 9.17) is 9.31 Å². The minimum Gasteiger partial charge on any atom is -0.403 e. The zero-order chi connectivity index (χ0) is 15.8. The van der Waals surface area contributed by atoms with Gasteiger partial charge in [0.15, 0.2) is 0 Å². The van der Waals surface area contributed by atoms with Crippen molar-refractivity contribution in [1.29, 1.82) is 0 Å².